The molecule has 0 fully saturated rings. The molecule has 0 heterocycles. The molecule has 0 saturated carbocycles. The van der Waals surface area contributed by atoms with E-state index in [1.165, 1.54) is 77.0 Å². The summed E-state index contributed by atoms with van der Waals surface area (Å²) in [5, 5.41) is 0. The molecule has 6 heteroatoms. The second kappa shape index (κ2) is 26.5. The summed E-state index contributed by atoms with van der Waals surface area (Å²) in [5.74, 6) is 0.344. The monoisotopic (exact) mass is 511 g/mol. The Morgan fingerprint density at radius 1 is 0.667 bits per heavy atom. The van der Waals surface area contributed by atoms with Gasteiger partial charge >= 0.3 is 12.1 Å². The van der Waals surface area contributed by atoms with Gasteiger partial charge in [-0.05, 0) is 38.0 Å². The molecule has 0 unspecified atom stereocenters. The van der Waals surface area contributed by atoms with Crippen LogP contribution in [0.2, 0.25) is 0 Å². The molecule has 0 aliphatic heterocycles. The summed E-state index contributed by atoms with van der Waals surface area (Å²) < 4.78 is 10.7. The molecule has 6 nitrogen and oxygen atoms in total. The Morgan fingerprint density at radius 3 is 1.72 bits per heavy atom. The van der Waals surface area contributed by atoms with Crippen LogP contribution in [0.1, 0.15) is 143 Å². The van der Waals surface area contributed by atoms with Crippen LogP contribution in [-0.4, -0.2) is 49.6 Å². The van der Waals surface area contributed by atoms with Gasteiger partial charge in [0, 0.05) is 19.5 Å². The van der Waals surface area contributed by atoms with Gasteiger partial charge in [-0.15, -0.1) is 0 Å². The molecule has 212 valence electrons. The van der Waals surface area contributed by atoms with Crippen molar-refractivity contribution >= 4 is 18.3 Å². The molecule has 0 rings (SSSR count). The van der Waals surface area contributed by atoms with E-state index in [2.05, 4.69) is 20.8 Å². The Hall–Kier alpha value is -1.59. The van der Waals surface area contributed by atoms with E-state index < -0.39 is 6.09 Å². The average Bonchev–Trinajstić information content (AvgIpc) is 2.88. The number of amides is 1. The molecule has 0 spiro atoms. The standard InChI is InChI=1S/C30H57NO5/c1-4-7-10-13-14-18-23-31(30(34)35-26-25-32)24-19-17-22-29(33)36-27-28(20-15-11-8-5-2)21-16-12-9-6-3/h25,28H,4-24,26-27H2,1-3H3. The molecule has 0 radical (unpaired) electrons. The van der Waals surface area contributed by atoms with Crippen molar-refractivity contribution in [1.29, 1.82) is 0 Å². The van der Waals surface area contributed by atoms with E-state index >= 15 is 0 Å². The summed E-state index contributed by atoms with van der Waals surface area (Å²) in [6.07, 6.45) is 21.1. The van der Waals surface area contributed by atoms with Crippen molar-refractivity contribution < 1.29 is 23.9 Å². The quantitative estimate of drug-likeness (QED) is 0.0664. The summed E-state index contributed by atoms with van der Waals surface area (Å²) in [6, 6.07) is 0. The number of ether oxygens (including phenoxy) is 2. The number of unbranched alkanes of at least 4 members (excludes halogenated alkanes) is 12. The first-order valence-corrected chi connectivity index (χ1v) is 15.1. The first-order valence-electron chi connectivity index (χ1n) is 15.1. The molecular weight excluding hydrogens is 454 g/mol. The second-order valence-electron chi connectivity index (χ2n) is 10.2. The number of carbonyl (C=O) groups excluding carboxylic acids is 3. The van der Waals surface area contributed by atoms with Crippen LogP contribution in [0.15, 0.2) is 0 Å². The minimum Gasteiger partial charge on any atom is -0.465 e. The molecule has 1 amide bonds. The number of hydrogen-bond acceptors (Lipinski definition) is 5. The van der Waals surface area contributed by atoms with Gasteiger partial charge in [-0.3, -0.25) is 9.59 Å². The average molecular weight is 512 g/mol. The Bertz CT molecular complexity index is 513. The fourth-order valence-electron chi connectivity index (χ4n) is 4.46. The lowest BCUT2D eigenvalue weighted by molar-refractivity contribution is -0.145. The zero-order chi connectivity index (χ0) is 26.7. The maximum Gasteiger partial charge on any atom is 0.410 e. The van der Waals surface area contributed by atoms with Crippen LogP contribution in [0, 0.1) is 5.92 Å². The van der Waals surface area contributed by atoms with Crippen LogP contribution in [0.3, 0.4) is 0 Å². The third kappa shape index (κ3) is 21.7. The zero-order valence-corrected chi connectivity index (χ0v) is 23.9. The van der Waals surface area contributed by atoms with Gasteiger partial charge in [-0.1, -0.05) is 104 Å². The number of rotatable bonds is 26. The minimum atomic E-state index is -0.438. The number of esters is 1. The highest BCUT2D eigenvalue weighted by molar-refractivity contribution is 5.70. The van der Waals surface area contributed by atoms with Crippen LogP contribution in [-0.2, 0) is 19.1 Å². The normalized spacial score (nSPS) is 11.0. The second-order valence-corrected chi connectivity index (χ2v) is 10.2. The van der Waals surface area contributed by atoms with E-state index in [0.717, 1.165) is 32.1 Å². The SMILES string of the molecule is CCCCCCCCN(CCCCC(=O)OCC(CCCCCC)CCCCCC)C(=O)OCC=O. The van der Waals surface area contributed by atoms with Crippen molar-refractivity contribution in [3.63, 3.8) is 0 Å². The van der Waals surface area contributed by atoms with Gasteiger partial charge in [0.1, 0.15) is 6.61 Å². The van der Waals surface area contributed by atoms with E-state index in [-0.39, 0.29) is 12.6 Å². The molecule has 0 saturated heterocycles. The van der Waals surface area contributed by atoms with Crippen LogP contribution >= 0.6 is 0 Å². The fraction of sp³-hybridized carbons (Fsp3) is 0.900. The largest absolute Gasteiger partial charge is 0.465 e. The maximum atomic E-state index is 12.4. The highest BCUT2D eigenvalue weighted by atomic mass is 16.6. The van der Waals surface area contributed by atoms with Crippen LogP contribution in [0.4, 0.5) is 4.79 Å². The molecule has 0 aromatic rings. The van der Waals surface area contributed by atoms with Crippen LogP contribution < -0.4 is 0 Å². The van der Waals surface area contributed by atoms with Crippen molar-refractivity contribution in [3.8, 4) is 0 Å². The first kappa shape index (κ1) is 34.4. The molecule has 0 bridgehead atoms. The third-order valence-corrected chi connectivity index (χ3v) is 6.79. The van der Waals surface area contributed by atoms with E-state index in [1.807, 2.05) is 0 Å². The van der Waals surface area contributed by atoms with E-state index in [4.69, 9.17) is 9.47 Å². The van der Waals surface area contributed by atoms with Gasteiger partial charge in [-0.2, -0.15) is 0 Å². The molecule has 0 aromatic carbocycles. The summed E-state index contributed by atoms with van der Waals surface area (Å²) >= 11 is 0. The zero-order valence-electron chi connectivity index (χ0n) is 23.9. The molecule has 0 aliphatic carbocycles. The molecule has 0 aliphatic rings. The molecular formula is C30H57NO5. The smallest absolute Gasteiger partial charge is 0.410 e. The van der Waals surface area contributed by atoms with Gasteiger partial charge in [0.15, 0.2) is 6.29 Å². The van der Waals surface area contributed by atoms with Crippen molar-refractivity contribution in [2.75, 3.05) is 26.3 Å². The van der Waals surface area contributed by atoms with Gasteiger partial charge in [0.25, 0.3) is 0 Å². The summed E-state index contributed by atoms with van der Waals surface area (Å²) in [7, 11) is 0. The first-order chi connectivity index (χ1) is 17.6. The molecule has 36 heavy (non-hydrogen) atoms. The number of aldehydes is 1. The lowest BCUT2D eigenvalue weighted by Gasteiger charge is -2.21. The van der Waals surface area contributed by atoms with Crippen molar-refractivity contribution in [3.05, 3.63) is 0 Å². The van der Waals surface area contributed by atoms with Crippen molar-refractivity contribution in [1.82, 2.24) is 4.90 Å². The van der Waals surface area contributed by atoms with E-state index in [1.54, 1.807) is 4.90 Å². The Kier molecular flexibility index (Phi) is 25.3. The molecule has 0 N–H and O–H groups in total. The summed E-state index contributed by atoms with van der Waals surface area (Å²) in [4.78, 5) is 36.9. The third-order valence-electron chi connectivity index (χ3n) is 6.79. The van der Waals surface area contributed by atoms with Gasteiger partial charge < -0.3 is 14.4 Å². The van der Waals surface area contributed by atoms with Crippen molar-refractivity contribution in [2.45, 2.75) is 143 Å². The highest BCUT2D eigenvalue weighted by Gasteiger charge is 2.15. The number of hydrogen-bond donors (Lipinski definition) is 0. The predicted octanol–water partition coefficient (Wildman–Crippen LogP) is 8.25. The van der Waals surface area contributed by atoms with Gasteiger partial charge in [0.05, 0.1) is 6.61 Å². The molecule has 0 aromatic heterocycles. The van der Waals surface area contributed by atoms with E-state index in [0.29, 0.717) is 44.7 Å². The van der Waals surface area contributed by atoms with Crippen LogP contribution in [0.5, 0.6) is 0 Å². The maximum absolute atomic E-state index is 12.4. The van der Waals surface area contributed by atoms with Crippen molar-refractivity contribution in [2.24, 2.45) is 5.92 Å². The Labute approximate surface area is 222 Å². The highest BCUT2D eigenvalue weighted by Crippen LogP contribution is 2.19. The Morgan fingerprint density at radius 2 is 1.17 bits per heavy atom. The summed E-state index contributed by atoms with van der Waals surface area (Å²) in [5.41, 5.74) is 0. The Balaban J connectivity index is 4.32. The molecule has 0 atom stereocenters. The predicted molar refractivity (Wildman–Crippen MR) is 148 cm³/mol. The fourth-order valence-corrected chi connectivity index (χ4v) is 4.46. The van der Waals surface area contributed by atoms with Gasteiger partial charge in [-0.25, -0.2) is 4.79 Å². The lowest BCUT2D eigenvalue weighted by Crippen LogP contribution is -2.34. The van der Waals surface area contributed by atoms with Gasteiger partial charge in [0.2, 0.25) is 0 Å². The van der Waals surface area contributed by atoms with E-state index in [9.17, 15) is 14.4 Å². The topological polar surface area (TPSA) is 72.9 Å². The number of carbonyl (C=O) groups is 3. The minimum absolute atomic E-state index is 0.131. The van der Waals surface area contributed by atoms with Crippen LogP contribution in [0.25, 0.3) is 0 Å². The number of nitrogens with zero attached hydrogens (tertiary/aromatic N) is 1. The summed E-state index contributed by atoms with van der Waals surface area (Å²) in [6.45, 7) is 8.15. The lowest BCUT2D eigenvalue weighted by atomic mass is 9.95.